The summed E-state index contributed by atoms with van der Waals surface area (Å²) >= 11 is 0. The number of amides is 2. The lowest BCUT2D eigenvalue weighted by Crippen LogP contribution is -2.48. The second-order valence-corrected chi connectivity index (χ2v) is 7.29. The Morgan fingerprint density at radius 3 is 2.59 bits per heavy atom. The number of aromatic nitrogens is 3. The summed E-state index contributed by atoms with van der Waals surface area (Å²) in [4.78, 5) is 54.8. The second-order valence-electron chi connectivity index (χ2n) is 7.29. The highest BCUT2D eigenvalue weighted by Gasteiger charge is 2.26. The van der Waals surface area contributed by atoms with Crippen LogP contribution in [0, 0.1) is 0 Å². The van der Waals surface area contributed by atoms with Crippen LogP contribution in [0.3, 0.4) is 0 Å². The minimum Gasteiger partial charge on any atom is -0.444 e. The highest BCUT2D eigenvalue weighted by molar-refractivity contribution is 5.98. The lowest BCUT2D eigenvalue weighted by Gasteiger charge is -2.23. The SMILES string of the molecule is Cn1c(N)c(NC(=O)C(Cc2ccccn2)NC(=O)OC(C)(C)C)c(=O)[nH]c1=O. The van der Waals surface area contributed by atoms with E-state index in [9.17, 15) is 19.2 Å². The number of H-pyrrole nitrogens is 1. The second kappa shape index (κ2) is 8.59. The molecule has 2 heterocycles. The molecule has 0 aromatic carbocycles. The summed E-state index contributed by atoms with van der Waals surface area (Å²) in [6.07, 6.45) is 0.777. The largest absolute Gasteiger partial charge is 0.444 e. The number of aromatic amines is 1. The van der Waals surface area contributed by atoms with Crippen molar-refractivity contribution in [1.82, 2.24) is 19.9 Å². The summed E-state index contributed by atoms with van der Waals surface area (Å²) < 4.78 is 6.18. The van der Waals surface area contributed by atoms with Crippen molar-refractivity contribution < 1.29 is 14.3 Å². The van der Waals surface area contributed by atoms with Gasteiger partial charge in [-0.15, -0.1) is 0 Å². The number of nitrogens with two attached hydrogens (primary N) is 1. The minimum atomic E-state index is -1.12. The third kappa shape index (κ3) is 5.92. The number of carbonyl (C=O) groups excluding carboxylic acids is 2. The first-order valence-corrected chi connectivity index (χ1v) is 8.77. The molecular weight excluding hydrogens is 380 g/mol. The van der Waals surface area contributed by atoms with Gasteiger partial charge >= 0.3 is 11.8 Å². The van der Waals surface area contributed by atoms with E-state index in [2.05, 4.69) is 15.6 Å². The fourth-order valence-electron chi connectivity index (χ4n) is 2.36. The normalized spacial score (nSPS) is 12.1. The molecule has 156 valence electrons. The molecule has 29 heavy (non-hydrogen) atoms. The fraction of sp³-hybridized carbons (Fsp3) is 0.389. The highest BCUT2D eigenvalue weighted by atomic mass is 16.6. The third-order valence-electron chi connectivity index (χ3n) is 3.76. The van der Waals surface area contributed by atoms with Crippen molar-refractivity contribution in [2.75, 3.05) is 11.1 Å². The monoisotopic (exact) mass is 404 g/mol. The van der Waals surface area contributed by atoms with Gasteiger partial charge in [0.05, 0.1) is 0 Å². The lowest BCUT2D eigenvalue weighted by atomic mass is 10.1. The maximum absolute atomic E-state index is 12.8. The van der Waals surface area contributed by atoms with Gasteiger partial charge < -0.3 is 21.1 Å². The number of pyridine rings is 1. The topological polar surface area (TPSA) is 161 Å². The molecule has 1 atom stereocenters. The van der Waals surface area contributed by atoms with E-state index >= 15 is 0 Å². The van der Waals surface area contributed by atoms with Crippen LogP contribution in [0.5, 0.6) is 0 Å². The van der Waals surface area contributed by atoms with Crippen LogP contribution in [0.4, 0.5) is 16.3 Å². The molecule has 0 aliphatic heterocycles. The molecule has 2 aromatic rings. The average Bonchev–Trinajstić information content (AvgIpc) is 2.62. The summed E-state index contributed by atoms with van der Waals surface area (Å²) in [5.41, 5.74) is 3.67. The number of nitrogen functional groups attached to an aromatic ring is 1. The van der Waals surface area contributed by atoms with Crippen LogP contribution in [0.25, 0.3) is 0 Å². The first-order chi connectivity index (χ1) is 13.5. The molecule has 2 aromatic heterocycles. The summed E-state index contributed by atoms with van der Waals surface area (Å²) in [5, 5.41) is 4.84. The zero-order chi connectivity index (χ0) is 21.8. The van der Waals surface area contributed by atoms with Gasteiger partial charge in [-0.3, -0.25) is 24.1 Å². The van der Waals surface area contributed by atoms with E-state index in [-0.39, 0.29) is 17.9 Å². The molecule has 2 amide bonds. The molecule has 0 fully saturated rings. The smallest absolute Gasteiger partial charge is 0.408 e. The third-order valence-corrected chi connectivity index (χ3v) is 3.76. The molecule has 0 aliphatic carbocycles. The standard InChI is InChI=1S/C18H24N6O5/c1-18(2,3)29-17(28)21-11(9-10-7-5-6-8-20-10)14(25)22-12-13(19)24(4)16(27)23-15(12)26/h5-8,11H,9,19H2,1-4H3,(H,21,28)(H,22,25)(H,23,26,27). The fourth-order valence-corrected chi connectivity index (χ4v) is 2.36. The van der Waals surface area contributed by atoms with E-state index in [4.69, 9.17) is 10.5 Å². The van der Waals surface area contributed by atoms with E-state index in [0.29, 0.717) is 5.69 Å². The van der Waals surface area contributed by atoms with Gasteiger partial charge in [0.1, 0.15) is 23.1 Å². The Kier molecular flexibility index (Phi) is 6.42. The molecule has 0 radical (unpaired) electrons. The van der Waals surface area contributed by atoms with Crippen LogP contribution in [0.15, 0.2) is 34.0 Å². The van der Waals surface area contributed by atoms with Crippen LogP contribution < -0.4 is 27.6 Å². The maximum atomic E-state index is 12.8. The Labute approximate surface area is 166 Å². The number of hydrogen-bond donors (Lipinski definition) is 4. The predicted molar refractivity (Wildman–Crippen MR) is 106 cm³/mol. The molecule has 11 heteroatoms. The number of carbonyl (C=O) groups is 2. The van der Waals surface area contributed by atoms with Gasteiger partial charge in [-0.25, -0.2) is 9.59 Å². The van der Waals surface area contributed by atoms with Crippen molar-refractivity contribution in [1.29, 1.82) is 0 Å². The highest BCUT2D eigenvalue weighted by Crippen LogP contribution is 2.11. The molecule has 2 rings (SSSR count). The Morgan fingerprint density at radius 1 is 1.31 bits per heavy atom. The zero-order valence-corrected chi connectivity index (χ0v) is 16.6. The maximum Gasteiger partial charge on any atom is 0.408 e. The minimum absolute atomic E-state index is 0.0372. The van der Waals surface area contributed by atoms with Crippen molar-refractivity contribution in [3.63, 3.8) is 0 Å². The van der Waals surface area contributed by atoms with E-state index < -0.39 is 34.9 Å². The van der Waals surface area contributed by atoms with Gasteiger partial charge in [-0.05, 0) is 32.9 Å². The molecular formula is C18H24N6O5. The number of nitrogens with zero attached hydrogens (tertiary/aromatic N) is 2. The van der Waals surface area contributed by atoms with Gasteiger partial charge in [-0.2, -0.15) is 0 Å². The van der Waals surface area contributed by atoms with Gasteiger partial charge in [0.25, 0.3) is 5.56 Å². The number of rotatable bonds is 5. The van der Waals surface area contributed by atoms with Crippen LogP contribution in [0.1, 0.15) is 26.5 Å². The van der Waals surface area contributed by atoms with E-state index in [1.54, 1.807) is 45.2 Å². The van der Waals surface area contributed by atoms with Gasteiger partial charge in [0.2, 0.25) is 5.91 Å². The Bertz CT molecular complexity index is 1010. The number of alkyl carbamates (subject to hydrolysis) is 1. The number of ether oxygens (including phenoxy) is 1. The molecule has 1 unspecified atom stereocenters. The summed E-state index contributed by atoms with van der Waals surface area (Å²) in [5.74, 6) is -0.946. The van der Waals surface area contributed by atoms with Crippen LogP contribution in [-0.4, -0.2) is 38.2 Å². The predicted octanol–water partition coefficient (Wildman–Crippen LogP) is 0.125. The van der Waals surface area contributed by atoms with Crippen LogP contribution >= 0.6 is 0 Å². The van der Waals surface area contributed by atoms with Crippen molar-refractivity contribution >= 4 is 23.5 Å². The van der Waals surface area contributed by atoms with E-state index in [1.807, 2.05) is 4.98 Å². The molecule has 5 N–H and O–H groups in total. The van der Waals surface area contributed by atoms with Crippen molar-refractivity contribution in [3.05, 3.63) is 50.9 Å². The number of hydrogen-bond acceptors (Lipinski definition) is 7. The van der Waals surface area contributed by atoms with Gasteiger partial charge in [0.15, 0.2) is 0 Å². The van der Waals surface area contributed by atoms with Crippen LogP contribution in [0.2, 0.25) is 0 Å². The van der Waals surface area contributed by atoms with E-state index in [1.165, 1.54) is 7.05 Å². The van der Waals surface area contributed by atoms with Crippen molar-refractivity contribution in [2.24, 2.45) is 7.05 Å². The Morgan fingerprint density at radius 2 is 2.00 bits per heavy atom. The summed E-state index contributed by atoms with van der Waals surface area (Å²) in [6.45, 7) is 5.06. The molecule has 0 saturated heterocycles. The molecule has 0 spiro atoms. The average molecular weight is 404 g/mol. The quantitative estimate of drug-likeness (QED) is 0.550. The number of nitrogens with one attached hydrogen (secondary N) is 3. The van der Waals surface area contributed by atoms with E-state index in [0.717, 1.165) is 4.57 Å². The molecule has 0 saturated carbocycles. The van der Waals surface area contributed by atoms with Gasteiger partial charge in [0, 0.05) is 25.4 Å². The summed E-state index contributed by atoms with van der Waals surface area (Å²) in [7, 11) is 1.34. The van der Waals surface area contributed by atoms with Crippen molar-refractivity contribution in [2.45, 2.75) is 38.8 Å². The molecule has 0 bridgehead atoms. The van der Waals surface area contributed by atoms with Crippen LogP contribution in [-0.2, 0) is 23.0 Å². The lowest BCUT2D eigenvalue weighted by molar-refractivity contribution is -0.118. The first kappa shape index (κ1) is 21.7. The van der Waals surface area contributed by atoms with Gasteiger partial charge in [-0.1, -0.05) is 6.07 Å². The number of anilines is 2. The van der Waals surface area contributed by atoms with Crippen molar-refractivity contribution in [3.8, 4) is 0 Å². The Hall–Kier alpha value is -3.63. The summed E-state index contributed by atoms with van der Waals surface area (Å²) in [6, 6.07) is 4.02. The first-order valence-electron chi connectivity index (χ1n) is 8.77. The molecule has 11 nitrogen and oxygen atoms in total. The zero-order valence-electron chi connectivity index (χ0n) is 16.6. The Balaban J connectivity index is 2.29. The molecule has 0 aliphatic rings.